The molecular formula is C11H14BrN3O. The molecule has 0 spiro atoms. The Kier molecular flexibility index (Phi) is 2.99. The molecule has 0 unspecified atom stereocenters. The molecule has 1 aliphatic rings. The third-order valence-electron chi connectivity index (χ3n) is 2.99. The SMILES string of the molecule is Cc1cc(NC(=O)C2(N)CCC2)ncc1Br. The Morgan fingerprint density at radius 3 is 2.81 bits per heavy atom. The minimum Gasteiger partial charge on any atom is -0.317 e. The van der Waals surface area contributed by atoms with Crippen LogP contribution in [-0.2, 0) is 4.79 Å². The quantitative estimate of drug-likeness (QED) is 0.872. The lowest BCUT2D eigenvalue weighted by Crippen LogP contribution is -2.56. The average Bonchev–Trinajstić information content (AvgIpc) is 2.20. The summed E-state index contributed by atoms with van der Waals surface area (Å²) < 4.78 is 0.927. The van der Waals surface area contributed by atoms with Crippen molar-refractivity contribution < 1.29 is 4.79 Å². The van der Waals surface area contributed by atoms with E-state index in [1.54, 1.807) is 6.20 Å². The molecule has 86 valence electrons. The minimum absolute atomic E-state index is 0.132. The van der Waals surface area contributed by atoms with Crippen LogP contribution in [0, 0.1) is 6.92 Å². The van der Waals surface area contributed by atoms with Crippen LogP contribution in [0.3, 0.4) is 0 Å². The van der Waals surface area contributed by atoms with Crippen LogP contribution >= 0.6 is 15.9 Å². The van der Waals surface area contributed by atoms with Gasteiger partial charge in [0.15, 0.2) is 0 Å². The molecule has 0 radical (unpaired) electrons. The summed E-state index contributed by atoms with van der Waals surface area (Å²) in [7, 11) is 0. The predicted molar refractivity (Wildman–Crippen MR) is 66.1 cm³/mol. The van der Waals surface area contributed by atoms with Crippen molar-refractivity contribution in [2.75, 3.05) is 5.32 Å². The van der Waals surface area contributed by atoms with Crippen molar-refractivity contribution >= 4 is 27.7 Å². The van der Waals surface area contributed by atoms with Crippen molar-refractivity contribution in [3.63, 3.8) is 0 Å². The summed E-state index contributed by atoms with van der Waals surface area (Å²) >= 11 is 3.36. The van der Waals surface area contributed by atoms with Gasteiger partial charge in [-0.1, -0.05) is 0 Å². The molecule has 1 heterocycles. The number of carbonyl (C=O) groups excluding carboxylic acids is 1. The third kappa shape index (κ3) is 2.10. The van der Waals surface area contributed by atoms with Gasteiger partial charge in [-0.3, -0.25) is 4.79 Å². The Bertz CT molecular complexity index is 429. The molecule has 4 nitrogen and oxygen atoms in total. The van der Waals surface area contributed by atoms with Gasteiger partial charge in [-0.15, -0.1) is 0 Å². The number of rotatable bonds is 2. The number of aryl methyl sites for hydroxylation is 1. The van der Waals surface area contributed by atoms with E-state index in [2.05, 4.69) is 26.2 Å². The van der Waals surface area contributed by atoms with Crippen LogP contribution < -0.4 is 11.1 Å². The van der Waals surface area contributed by atoms with Crippen molar-refractivity contribution in [3.8, 4) is 0 Å². The number of nitrogens with one attached hydrogen (secondary N) is 1. The van der Waals surface area contributed by atoms with Gasteiger partial charge in [-0.2, -0.15) is 0 Å². The zero-order valence-electron chi connectivity index (χ0n) is 9.09. The number of anilines is 1. The van der Waals surface area contributed by atoms with Crippen molar-refractivity contribution in [2.45, 2.75) is 31.7 Å². The van der Waals surface area contributed by atoms with Gasteiger partial charge in [0.05, 0.1) is 5.54 Å². The van der Waals surface area contributed by atoms with Crippen molar-refractivity contribution in [2.24, 2.45) is 5.73 Å². The van der Waals surface area contributed by atoms with E-state index >= 15 is 0 Å². The minimum atomic E-state index is -0.678. The number of carbonyl (C=O) groups is 1. The molecule has 2 rings (SSSR count). The summed E-state index contributed by atoms with van der Waals surface area (Å²) in [5, 5.41) is 2.76. The van der Waals surface area contributed by atoms with Gasteiger partial charge in [0.1, 0.15) is 5.82 Å². The molecule has 0 saturated heterocycles. The second-order valence-electron chi connectivity index (χ2n) is 4.28. The van der Waals surface area contributed by atoms with Gasteiger partial charge < -0.3 is 11.1 Å². The molecule has 1 aromatic heterocycles. The second kappa shape index (κ2) is 4.14. The smallest absolute Gasteiger partial charge is 0.245 e. The van der Waals surface area contributed by atoms with Gasteiger partial charge in [0.2, 0.25) is 5.91 Å². The van der Waals surface area contributed by atoms with Crippen molar-refractivity contribution in [1.29, 1.82) is 0 Å². The Morgan fingerprint density at radius 2 is 2.31 bits per heavy atom. The van der Waals surface area contributed by atoms with Crippen LogP contribution in [0.25, 0.3) is 0 Å². The van der Waals surface area contributed by atoms with Gasteiger partial charge in [0, 0.05) is 10.7 Å². The number of hydrogen-bond donors (Lipinski definition) is 2. The van der Waals surface area contributed by atoms with E-state index in [1.165, 1.54) is 0 Å². The Balaban J connectivity index is 2.09. The highest BCUT2D eigenvalue weighted by Crippen LogP contribution is 2.30. The molecule has 1 aliphatic carbocycles. The Hall–Kier alpha value is -0.940. The highest BCUT2D eigenvalue weighted by Gasteiger charge is 2.40. The molecule has 0 aromatic carbocycles. The molecule has 3 N–H and O–H groups in total. The number of halogens is 1. The Morgan fingerprint density at radius 1 is 1.62 bits per heavy atom. The molecule has 0 atom stereocenters. The van der Waals surface area contributed by atoms with Crippen LogP contribution in [0.4, 0.5) is 5.82 Å². The van der Waals surface area contributed by atoms with Crippen LogP contribution in [0.1, 0.15) is 24.8 Å². The summed E-state index contributed by atoms with van der Waals surface area (Å²) in [5.41, 5.74) is 6.27. The van der Waals surface area contributed by atoms with E-state index in [4.69, 9.17) is 5.73 Å². The maximum atomic E-state index is 11.8. The third-order valence-corrected chi connectivity index (χ3v) is 3.82. The van der Waals surface area contributed by atoms with Gasteiger partial charge in [-0.05, 0) is 53.7 Å². The molecule has 16 heavy (non-hydrogen) atoms. The van der Waals surface area contributed by atoms with Crippen LogP contribution in [0.15, 0.2) is 16.7 Å². The molecule has 1 aromatic rings. The number of amides is 1. The number of nitrogens with zero attached hydrogens (tertiary/aromatic N) is 1. The van der Waals surface area contributed by atoms with Crippen molar-refractivity contribution in [1.82, 2.24) is 4.98 Å². The first-order chi connectivity index (χ1) is 7.51. The second-order valence-corrected chi connectivity index (χ2v) is 5.14. The molecule has 1 amide bonds. The molecule has 1 saturated carbocycles. The number of aromatic nitrogens is 1. The summed E-state index contributed by atoms with van der Waals surface area (Å²) in [4.78, 5) is 15.9. The normalized spacial score (nSPS) is 17.7. The monoisotopic (exact) mass is 283 g/mol. The summed E-state index contributed by atoms with van der Waals surface area (Å²) in [6, 6.07) is 1.82. The van der Waals surface area contributed by atoms with E-state index in [9.17, 15) is 4.79 Å². The van der Waals surface area contributed by atoms with E-state index in [0.29, 0.717) is 5.82 Å². The maximum absolute atomic E-state index is 11.8. The summed E-state index contributed by atoms with van der Waals surface area (Å²) in [5.74, 6) is 0.426. The first-order valence-corrected chi connectivity index (χ1v) is 6.03. The lowest BCUT2D eigenvalue weighted by atomic mass is 9.77. The zero-order chi connectivity index (χ0) is 11.8. The highest BCUT2D eigenvalue weighted by molar-refractivity contribution is 9.10. The number of pyridine rings is 1. The van der Waals surface area contributed by atoms with Crippen LogP contribution in [0.2, 0.25) is 0 Å². The van der Waals surface area contributed by atoms with E-state index in [1.807, 2.05) is 13.0 Å². The van der Waals surface area contributed by atoms with Crippen LogP contribution in [0.5, 0.6) is 0 Å². The van der Waals surface area contributed by atoms with Gasteiger partial charge in [0.25, 0.3) is 0 Å². The molecule has 1 fully saturated rings. The average molecular weight is 284 g/mol. The van der Waals surface area contributed by atoms with E-state index < -0.39 is 5.54 Å². The molecular weight excluding hydrogens is 270 g/mol. The highest BCUT2D eigenvalue weighted by atomic mass is 79.9. The first-order valence-electron chi connectivity index (χ1n) is 5.24. The fourth-order valence-corrected chi connectivity index (χ4v) is 1.85. The lowest BCUT2D eigenvalue weighted by Gasteiger charge is -2.35. The fourth-order valence-electron chi connectivity index (χ4n) is 1.63. The summed E-state index contributed by atoms with van der Waals surface area (Å²) in [6.07, 6.45) is 4.22. The number of hydrogen-bond acceptors (Lipinski definition) is 3. The van der Waals surface area contributed by atoms with Gasteiger partial charge in [-0.25, -0.2) is 4.98 Å². The largest absolute Gasteiger partial charge is 0.317 e. The molecule has 5 heteroatoms. The predicted octanol–water partition coefficient (Wildman–Crippen LogP) is 1.97. The lowest BCUT2D eigenvalue weighted by molar-refractivity contribution is -0.123. The Labute approximate surface area is 103 Å². The topological polar surface area (TPSA) is 68.0 Å². The number of nitrogens with two attached hydrogens (primary N) is 1. The first kappa shape index (κ1) is 11.5. The van der Waals surface area contributed by atoms with Crippen LogP contribution in [-0.4, -0.2) is 16.4 Å². The standard InChI is InChI=1S/C11H14BrN3O/c1-7-5-9(14-6-8(7)12)15-10(16)11(13)3-2-4-11/h5-6H,2-4,13H2,1H3,(H,14,15,16). The van der Waals surface area contributed by atoms with E-state index in [0.717, 1.165) is 29.3 Å². The molecule has 0 bridgehead atoms. The van der Waals surface area contributed by atoms with Gasteiger partial charge >= 0.3 is 0 Å². The summed E-state index contributed by atoms with van der Waals surface area (Å²) in [6.45, 7) is 1.95. The van der Waals surface area contributed by atoms with E-state index in [-0.39, 0.29) is 5.91 Å². The zero-order valence-corrected chi connectivity index (χ0v) is 10.7. The fraction of sp³-hybridized carbons (Fsp3) is 0.455. The molecule has 0 aliphatic heterocycles. The van der Waals surface area contributed by atoms with Crippen molar-refractivity contribution in [3.05, 3.63) is 22.3 Å². The maximum Gasteiger partial charge on any atom is 0.245 e.